The number of β-lactam (4-membered cyclic amide) rings is 1. The highest BCUT2D eigenvalue weighted by atomic mass is 32.2. The summed E-state index contributed by atoms with van der Waals surface area (Å²) in [7, 11) is 0. The summed E-state index contributed by atoms with van der Waals surface area (Å²) < 4.78 is 0. The van der Waals surface area contributed by atoms with E-state index < -0.39 is 5.97 Å². The molecule has 2 aliphatic heterocycles. The lowest BCUT2D eigenvalue weighted by Crippen LogP contribution is -2.59. The minimum Gasteiger partial charge on any atom is -0.477 e. The Kier molecular flexibility index (Phi) is 4.73. The van der Waals surface area contributed by atoms with Crippen LogP contribution in [0.25, 0.3) is 0 Å². The minimum atomic E-state index is -1.08. The Hall–Kier alpha value is -2.12. The highest BCUT2D eigenvalue weighted by Crippen LogP contribution is 2.50. The molecule has 0 aromatic carbocycles. The molecule has 0 aliphatic carbocycles. The zero-order chi connectivity index (χ0) is 17.3. The first-order valence-corrected chi connectivity index (χ1v) is 8.65. The maximum Gasteiger partial charge on any atom is 0.353 e. The van der Waals surface area contributed by atoms with Crippen LogP contribution >= 0.6 is 11.8 Å². The van der Waals surface area contributed by atoms with Crippen LogP contribution in [0.4, 0.5) is 0 Å². The number of hydrogen-bond donors (Lipinski definition) is 2. The zero-order valence-electron chi connectivity index (χ0n) is 13.1. The van der Waals surface area contributed by atoms with E-state index >= 15 is 0 Å². The number of aliphatic hydroxyl groups is 1. The lowest BCUT2D eigenvalue weighted by atomic mass is 9.82. The molecule has 3 atom stereocenters. The van der Waals surface area contributed by atoms with Gasteiger partial charge >= 0.3 is 5.97 Å². The van der Waals surface area contributed by atoms with Crippen molar-refractivity contribution in [3.63, 3.8) is 0 Å². The Morgan fingerprint density at radius 2 is 2.25 bits per heavy atom. The molecule has 0 spiro atoms. The molecule has 0 saturated carbocycles. The van der Waals surface area contributed by atoms with Gasteiger partial charge in [0.25, 0.3) is 0 Å². The fraction of sp³-hybridized carbons (Fsp3) is 0.353. The van der Waals surface area contributed by atoms with Crippen LogP contribution < -0.4 is 0 Å². The van der Waals surface area contributed by atoms with E-state index in [1.807, 2.05) is 25.1 Å². The van der Waals surface area contributed by atoms with Crippen LogP contribution in [0.1, 0.15) is 12.6 Å². The van der Waals surface area contributed by atoms with E-state index in [9.17, 15) is 14.7 Å². The zero-order valence-corrected chi connectivity index (χ0v) is 13.9. The van der Waals surface area contributed by atoms with Gasteiger partial charge in [-0.2, -0.15) is 0 Å². The van der Waals surface area contributed by atoms with Gasteiger partial charge in [0.1, 0.15) is 5.70 Å². The number of nitrogens with zero attached hydrogens (tertiary/aromatic N) is 2. The van der Waals surface area contributed by atoms with Gasteiger partial charge in [-0.1, -0.05) is 25.1 Å². The maximum atomic E-state index is 12.3. The van der Waals surface area contributed by atoms with Crippen molar-refractivity contribution < 1.29 is 19.8 Å². The number of rotatable bonds is 6. The molecule has 24 heavy (non-hydrogen) atoms. The number of thioether (sulfide) groups is 1. The number of pyridine rings is 1. The van der Waals surface area contributed by atoms with Crippen molar-refractivity contribution in [2.75, 3.05) is 6.61 Å². The van der Waals surface area contributed by atoms with Crippen LogP contribution in [0.5, 0.6) is 0 Å². The standard InChI is InChI=1S/C17H18N2O4S/c1-10-13-12(6-4-8-20)16(21)19(13)14(17(22)23)15(10)24-9-11-5-2-3-7-18-11/h2-7,10,12-13,20H,8-9H2,1H3,(H,22,23)/b6-4+/t10-,12-,13-/m1/s1. The van der Waals surface area contributed by atoms with Gasteiger partial charge in [0.2, 0.25) is 5.91 Å². The fourth-order valence-electron chi connectivity index (χ4n) is 3.26. The third kappa shape index (κ3) is 2.74. The van der Waals surface area contributed by atoms with E-state index in [1.165, 1.54) is 22.7 Å². The largest absolute Gasteiger partial charge is 0.477 e. The monoisotopic (exact) mass is 346 g/mol. The number of carbonyl (C=O) groups is 2. The lowest BCUT2D eigenvalue weighted by Gasteiger charge is -2.43. The molecular weight excluding hydrogens is 328 g/mol. The summed E-state index contributed by atoms with van der Waals surface area (Å²) in [4.78, 5) is 30.3. The predicted octanol–water partition coefficient (Wildman–Crippen LogP) is 1.64. The van der Waals surface area contributed by atoms with Crippen LogP contribution in [0.3, 0.4) is 0 Å². The highest BCUT2D eigenvalue weighted by Gasteiger charge is 2.57. The van der Waals surface area contributed by atoms with E-state index in [0.29, 0.717) is 10.7 Å². The van der Waals surface area contributed by atoms with Crippen molar-refractivity contribution in [2.45, 2.75) is 18.7 Å². The first-order valence-electron chi connectivity index (χ1n) is 7.67. The Balaban J connectivity index is 1.83. The van der Waals surface area contributed by atoms with E-state index in [4.69, 9.17) is 5.11 Å². The average molecular weight is 346 g/mol. The van der Waals surface area contributed by atoms with Crippen molar-refractivity contribution in [3.05, 3.63) is 52.8 Å². The summed E-state index contributed by atoms with van der Waals surface area (Å²) in [5.41, 5.74) is 0.955. The minimum absolute atomic E-state index is 0.0594. The number of hydrogen-bond acceptors (Lipinski definition) is 5. The van der Waals surface area contributed by atoms with Crippen molar-refractivity contribution in [1.82, 2.24) is 9.88 Å². The van der Waals surface area contributed by atoms with E-state index in [0.717, 1.165) is 5.69 Å². The first kappa shape index (κ1) is 16.7. The topological polar surface area (TPSA) is 90.7 Å². The van der Waals surface area contributed by atoms with E-state index in [-0.39, 0.29) is 36.1 Å². The number of carboxylic acids is 1. The number of amides is 1. The smallest absolute Gasteiger partial charge is 0.353 e. The Morgan fingerprint density at radius 3 is 2.88 bits per heavy atom. The lowest BCUT2D eigenvalue weighted by molar-refractivity contribution is -0.153. The second-order valence-electron chi connectivity index (χ2n) is 5.75. The molecule has 2 N–H and O–H groups in total. The van der Waals surface area contributed by atoms with Crippen molar-refractivity contribution in [2.24, 2.45) is 11.8 Å². The average Bonchev–Trinajstić information content (AvgIpc) is 2.84. The molecule has 1 aromatic heterocycles. The molecule has 1 amide bonds. The third-order valence-electron chi connectivity index (χ3n) is 4.34. The summed E-state index contributed by atoms with van der Waals surface area (Å²) >= 11 is 1.43. The molecule has 126 valence electrons. The molecule has 3 heterocycles. The number of aliphatic hydroxyl groups excluding tert-OH is 1. The molecule has 6 nitrogen and oxygen atoms in total. The van der Waals surface area contributed by atoms with Gasteiger partial charge in [-0.05, 0) is 12.1 Å². The second kappa shape index (κ2) is 6.78. The van der Waals surface area contributed by atoms with Gasteiger partial charge < -0.3 is 10.2 Å². The van der Waals surface area contributed by atoms with Crippen molar-refractivity contribution >= 4 is 23.6 Å². The quantitative estimate of drug-likeness (QED) is 0.601. The third-order valence-corrected chi connectivity index (χ3v) is 5.66. The Bertz CT molecular complexity index is 717. The number of aliphatic carboxylic acids is 1. The summed E-state index contributed by atoms with van der Waals surface area (Å²) in [6.45, 7) is 1.81. The molecule has 1 saturated heterocycles. The van der Waals surface area contributed by atoms with E-state index in [2.05, 4.69) is 4.98 Å². The molecule has 1 aromatic rings. The van der Waals surface area contributed by atoms with E-state index in [1.54, 1.807) is 12.3 Å². The molecular formula is C17H18N2O4S. The Morgan fingerprint density at radius 1 is 1.46 bits per heavy atom. The highest BCUT2D eigenvalue weighted by molar-refractivity contribution is 8.02. The summed E-state index contributed by atoms with van der Waals surface area (Å²) in [6.07, 6.45) is 4.91. The van der Waals surface area contributed by atoms with Crippen LogP contribution in [-0.4, -0.2) is 44.6 Å². The Labute approximate surface area is 143 Å². The summed E-state index contributed by atoms with van der Waals surface area (Å²) in [5.74, 6) is -1.16. The van der Waals surface area contributed by atoms with Crippen LogP contribution in [-0.2, 0) is 15.3 Å². The SMILES string of the molecule is C[C@H]1C(SCc2ccccn2)=C(C(=O)O)N2C(=O)[C@H](/C=C/CO)[C@@H]12. The molecule has 0 bridgehead atoms. The van der Waals surface area contributed by atoms with Gasteiger partial charge in [-0.15, -0.1) is 11.8 Å². The molecule has 0 unspecified atom stereocenters. The van der Waals surface area contributed by atoms with Gasteiger partial charge in [0.15, 0.2) is 0 Å². The van der Waals surface area contributed by atoms with Gasteiger partial charge in [-0.25, -0.2) is 4.79 Å². The molecule has 1 fully saturated rings. The number of carbonyl (C=O) groups excluding carboxylic acids is 1. The van der Waals surface area contributed by atoms with Crippen molar-refractivity contribution in [3.8, 4) is 0 Å². The van der Waals surface area contributed by atoms with Crippen LogP contribution in [0.15, 0.2) is 47.2 Å². The number of carboxylic acid groups (broad SMARTS) is 1. The van der Waals surface area contributed by atoms with Gasteiger partial charge in [0.05, 0.1) is 24.3 Å². The molecule has 7 heteroatoms. The number of aromatic nitrogens is 1. The molecule has 3 rings (SSSR count). The van der Waals surface area contributed by atoms with Gasteiger partial charge in [-0.3, -0.25) is 14.7 Å². The second-order valence-corrected chi connectivity index (χ2v) is 6.77. The molecule has 0 radical (unpaired) electrons. The summed E-state index contributed by atoms with van der Waals surface area (Å²) in [6, 6.07) is 5.43. The predicted molar refractivity (Wildman–Crippen MR) is 89.7 cm³/mol. The first-order chi connectivity index (χ1) is 11.6. The van der Waals surface area contributed by atoms with Crippen LogP contribution in [0, 0.1) is 11.8 Å². The van der Waals surface area contributed by atoms with Crippen molar-refractivity contribution in [1.29, 1.82) is 0 Å². The van der Waals surface area contributed by atoms with Gasteiger partial charge in [0, 0.05) is 22.8 Å². The normalized spacial score (nSPS) is 26.0. The summed E-state index contributed by atoms with van der Waals surface area (Å²) in [5, 5.41) is 18.5. The maximum absolute atomic E-state index is 12.3. The molecule has 2 aliphatic rings. The van der Waals surface area contributed by atoms with Crippen LogP contribution in [0.2, 0.25) is 0 Å². The number of fused-ring (bicyclic) bond motifs is 1. The fourth-order valence-corrected chi connectivity index (χ4v) is 4.46.